The molecule has 1 aliphatic heterocycles. The van der Waals surface area contributed by atoms with Gasteiger partial charge >= 0.3 is 0 Å². The van der Waals surface area contributed by atoms with Gasteiger partial charge in [-0.15, -0.1) is 0 Å². The Balaban J connectivity index is 1.67. The maximum Gasteiger partial charge on any atom is 0.256 e. The zero-order valence-corrected chi connectivity index (χ0v) is 20.0. The van der Waals surface area contributed by atoms with Gasteiger partial charge in [-0.1, -0.05) is 11.6 Å². The van der Waals surface area contributed by atoms with E-state index in [9.17, 15) is 22.0 Å². The Morgan fingerprint density at radius 1 is 1.14 bits per heavy atom. The highest BCUT2D eigenvalue weighted by Crippen LogP contribution is 2.32. The van der Waals surface area contributed by atoms with Crippen molar-refractivity contribution in [3.05, 3.63) is 76.4 Å². The van der Waals surface area contributed by atoms with E-state index in [1.807, 2.05) is 0 Å². The van der Waals surface area contributed by atoms with Gasteiger partial charge in [-0.2, -0.15) is 5.10 Å². The normalized spacial score (nSPS) is 17.1. The fraction of sp³-hybridized carbons (Fsp3) is 0.208. The van der Waals surface area contributed by atoms with E-state index in [2.05, 4.69) is 10.4 Å². The van der Waals surface area contributed by atoms with Crippen molar-refractivity contribution in [2.75, 3.05) is 16.8 Å². The van der Waals surface area contributed by atoms with Crippen LogP contribution < -0.4 is 5.32 Å². The van der Waals surface area contributed by atoms with Crippen LogP contribution in [0.2, 0.25) is 5.02 Å². The number of hydrogen-bond acceptors (Lipinski definition) is 5. The molecule has 2 aromatic carbocycles. The third-order valence-electron chi connectivity index (χ3n) is 5.95. The Morgan fingerprint density at radius 3 is 2.54 bits per heavy atom. The highest BCUT2D eigenvalue weighted by molar-refractivity contribution is 7.91. The largest absolute Gasteiger partial charge is 0.322 e. The second kappa shape index (κ2) is 8.69. The molecule has 1 saturated heterocycles. The summed E-state index contributed by atoms with van der Waals surface area (Å²) in [5.74, 6) is -1.56. The Morgan fingerprint density at radius 2 is 1.89 bits per heavy atom. The smallest absolute Gasteiger partial charge is 0.256 e. The summed E-state index contributed by atoms with van der Waals surface area (Å²) in [6, 6.07) is 10.6. The standard InChI is InChI=1S/C24H19ClF2N4O3S/c1-13-22-18(24(32)28-16-6-7-20(27)19(25)10-16)11-21(14-2-4-15(26)5-3-14)29-23(22)31(30-13)17-8-9-35(33,34)12-17/h2-7,10-11,17H,8-9,12H2,1H3,(H,28,32). The van der Waals surface area contributed by atoms with Crippen LogP contribution in [0, 0.1) is 18.6 Å². The molecule has 11 heteroatoms. The molecule has 1 unspecified atom stereocenters. The third-order valence-corrected chi connectivity index (χ3v) is 7.99. The van der Waals surface area contributed by atoms with Crippen molar-refractivity contribution in [2.24, 2.45) is 0 Å². The van der Waals surface area contributed by atoms with Crippen molar-refractivity contribution in [3.8, 4) is 11.3 Å². The van der Waals surface area contributed by atoms with Crippen LogP contribution in [0.1, 0.15) is 28.5 Å². The number of rotatable bonds is 4. The summed E-state index contributed by atoms with van der Waals surface area (Å²) in [4.78, 5) is 18.1. The first-order chi connectivity index (χ1) is 16.6. The van der Waals surface area contributed by atoms with Gasteiger partial charge in [0, 0.05) is 11.3 Å². The number of aryl methyl sites for hydroxylation is 1. The summed E-state index contributed by atoms with van der Waals surface area (Å²) in [6.45, 7) is 1.72. The number of pyridine rings is 1. The highest BCUT2D eigenvalue weighted by Gasteiger charge is 2.32. The molecule has 0 aliphatic carbocycles. The number of halogens is 3. The van der Waals surface area contributed by atoms with Crippen LogP contribution in [-0.4, -0.2) is 40.6 Å². The number of nitrogens with zero attached hydrogens (tertiary/aromatic N) is 3. The second-order valence-corrected chi connectivity index (χ2v) is 11.1. The number of sulfone groups is 1. The van der Waals surface area contributed by atoms with Gasteiger partial charge in [0.25, 0.3) is 5.91 Å². The third kappa shape index (κ3) is 4.51. The van der Waals surface area contributed by atoms with E-state index >= 15 is 0 Å². The van der Waals surface area contributed by atoms with Crippen LogP contribution >= 0.6 is 11.6 Å². The van der Waals surface area contributed by atoms with Gasteiger partial charge in [-0.3, -0.25) is 4.79 Å². The average molecular weight is 517 g/mol. The molecule has 1 aliphatic rings. The van der Waals surface area contributed by atoms with Gasteiger partial charge in [0.15, 0.2) is 15.5 Å². The minimum absolute atomic E-state index is 0.0500. The Bertz CT molecular complexity index is 1590. The van der Waals surface area contributed by atoms with Gasteiger partial charge in [-0.25, -0.2) is 26.9 Å². The molecule has 35 heavy (non-hydrogen) atoms. The maximum atomic E-state index is 13.6. The zero-order chi connectivity index (χ0) is 24.9. The second-order valence-electron chi connectivity index (χ2n) is 8.43. The van der Waals surface area contributed by atoms with Crippen molar-refractivity contribution in [3.63, 3.8) is 0 Å². The molecule has 7 nitrogen and oxygen atoms in total. The number of carbonyl (C=O) groups is 1. The van der Waals surface area contributed by atoms with Crippen LogP contribution in [0.3, 0.4) is 0 Å². The van der Waals surface area contributed by atoms with E-state index in [0.717, 1.165) is 6.07 Å². The minimum Gasteiger partial charge on any atom is -0.322 e. The molecule has 2 aromatic heterocycles. The van der Waals surface area contributed by atoms with Gasteiger partial charge in [-0.05, 0) is 61.9 Å². The lowest BCUT2D eigenvalue weighted by atomic mass is 10.0. The van der Waals surface area contributed by atoms with Crippen LogP contribution in [0.15, 0.2) is 48.5 Å². The summed E-state index contributed by atoms with van der Waals surface area (Å²) >= 11 is 5.85. The Kier molecular flexibility index (Phi) is 5.80. The van der Waals surface area contributed by atoms with Crippen molar-refractivity contribution < 1.29 is 22.0 Å². The van der Waals surface area contributed by atoms with Gasteiger partial charge < -0.3 is 5.32 Å². The quantitative estimate of drug-likeness (QED) is 0.414. The average Bonchev–Trinajstić information content (AvgIpc) is 3.35. The molecule has 3 heterocycles. The van der Waals surface area contributed by atoms with Crippen LogP contribution in [0.4, 0.5) is 14.5 Å². The number of anilines is 1. The Hall–Kier alpha value is -3.37. The molecule has 5 rings (SSSR count). The van der Waals surface area contributed by atoms with E-state index in [1.165, 1.54) is 24.3 Å². The van der Waals surface area contributed by atoms with E-state index in [4.69, 9.17) is 16.6 Å². The first-order valence-electron chi connectivity index (χ1n) is 10.7. The summed E-state index contributed by atoms with van der Waals surface area (Å²) in [5.41, 5.74) is 2.35. The number of amides is 1. The summed E-state index contributed by atoms with van der Waals surface area (Å²) in [5, 5.41) is 7.58. The molecule has 1 fully saturated rings. The van der Waals surface area contributed by atoms with Crippen molar-refractivity contribution in [2.45, 2.75) is 19.4 Å². The van der Waals surface area contributed by atoms with Crippen molar-refractivity contribution in [1.82, 2.24) is 14.8 Å². The monoisotopic (exact) mass is 516 g/mol. The molecule has 0 spiro atoms. The SMILES string of the molecule is Cc1nn(C2CCS(=O)(=O)C2)c2nc(-c3ccc(F)cc3)cc(C(=O)Nc3ccc(F)c(Cl)c3)c12. The van der Waals surface area contributed by atoms with Crippen molar-refractivity contribution >= 4 is 44.1 Å². The van der Waals surface area contributed by atoms with Crippen LogP contribution in [0.25, 0.3) is 22.3 Å². The molecule has 1 amide bonds. The number of aromatic nitrogens is 3. The first-order valence-corrected chi connectivity index (χ1v) is 12.9. The lowest BCUT2D eigenvalue weighted by molar-refractivity contribution is 0.102. The molecule has 4 aromatic rings. The van der Waals surface area contributed by atoms with Gasteiger partial charge in [0.1, 0.15) is 11.6 Å². The summed E-state index contributed by atoms with van der Waals surface area (Å²) < 4.78 is 52.9. The number of hydrogen-bond donors (Lipinski definition) is 1. The number of fused-ring (bicyclic) bond motifs is 1. The lowest BCUT2D eigenvalue weighted by Gasteiger charge is -2.12. The van der Waals surface area contributed by atoms with E-state index in [0.29, 0.717) is 40.1 Å². The van der Waals surface area contributed by atoms with Crippen molar-refractivity contribution in [1.29, 1.82) is 0 Å². The fourth-order valence-electron chi connectivity index (χ4n) is 4.26. The predicted molar refractivity (Wildman–Crippen MR) is 129 cm³/mol. The number of benzene rings is 2. The van der Waals surface area contributed by atoms with Gasteiger partial charge in [0.2, 0.25) is 0 Å². The molecule has 1 N–H and O–H groups in total. The number of nitrogens with one attached hydrogen (secondary N) is 1. The van der Waals surface area contributed by atoms with Gasteiger partial charge in [0.05, 0.1) is 44.9 Å². The van der Waals surface area contributed by atoms with E-state index in [-0.39, 0.29) is 22.1 Å². The highest BCUT2D eigenvalue weighted by atomic mass is 35.5. The first kappa shape index (κ1) is 23.4. The maximum absolute atomic E-state index is 13.6. The fourth-order valence-corrected chi connectivity index (χ4v) is 6.13. The molecule has 1 atom stereocenters. The zero-order valence-electron chi connectivity index (χ0n) is 18.4. The Labute approximate surface area is 204 Å². The molecular formula is C24H19ClF2N4O3S. The number of carbonyl (C=O) groups excluding carboxylic acids is 1. The molecule has 0 bridgehead atoms. The minimum atomic E-state index is -3.20. The molecular weight excluding hydrogens is 498 g/mol. The van der Waals surface area contributed by atoms with E-state index in [1.54, 1.807) is 29.8 Å². The lowest BCUT2D eigenvalue weighted by Crippen LogP contribution is -2.15. The van der Waals surface area contributed by atoms with E-state index < -0.39 is 33.4 Å². The topological polar surface area (TPSA) is 93.9 Å². The van der Waals surface area contributed by atoms with Crippen LogP contribution in [-0.2, 0) is 9.84 Å². The summed E-state index contributed by atoms with van der Waals surface area (Å²) in [6.07, 6.45) is 0.386. The molecule has 0 saturated carbocycles. The molecule has 0 radical (unpaired) electrons. The van der Waals surface area contributed by atoms with Crippen LogP contribution in [0.5, 0.6) is 0 Å². The predicted octanol–water partition coefficient (Wildman–Crippen LogP) is 4.95. The summed E-state index contributed by atoms with van der Waals surface area (Å²) in [7, 11) is -3.20. The molecule has 180 valence electrons.